The zero-order valence-corrected chi connectivity index (χ0v) is 7.54. The van der Waals surface area contributed by atoms with Crippen LogP contribution in [0.15, 0.2) is 12.1 Å². The van der Waals surface area contributed by atoms with Gasteiger partial charge >= 0.3 is 0 Å². The summed E-state index contributed by atoms with van der Waals surface area (Å²) in [5, 5.41) is 0. The Balaban J connectivity index is 3.04. The second-order valence-electron chi connectivity index (χ2n) is 2.56. The summed E-state index contributed by atoms with van der Waals surface area (Å²) in [6, 6.07) is 2.37. The van der Waals surface area contributed by atoms with Gasteiger partial charge in [0.1, 0.15) is 11.6 Å². The Morgan fingerprint density at radius 1 is 1.64 bits per heavy atom. The Morgan fingerprint density at radius 2 is 2.43 bits per heavy atom. The van der Waals surface area contributed by atoms with Gasteiger partial charge in [-0.2, -0.15) is 0 Å². The van der Waals surface area contributed by atoms with Crippen LogP contribution in [0.3, 0.4) is 0 Å². The number of carbonyl (C=O) groups excluding carboxylic acids is 1. The first-order valence-corrected chi connectivity index (χ1v) is 3.83. The molecule has 0 unspecified atom stereocenters. The molecule has 0 heterocycles. The van der Waals surface area contributed by atoms with Crippen LogP contribution in [0, 0.1) is 5.82 Å². The third-order valence-electron chi connectivity index (χ3n) is 1.77. The molecule has 4 heteroatoms. The Morgan fingerprint density at radius 3 is 3.00 bits per heavy atom. The molecule has 0 saturated heterocycles. The molecule has 0 saturated carbocycles. The van der Waals surface area contributed by atoms with E-state index in [1.165, 1.54) is 13.2 Å². The minimum atomic E-state index is -2.55. The molecule has 0 spiro atoms. The molecule has 0 aliphatic heterocycles. The average molecular weight is 201 g/mol. The first-order chi connectivity index (χ1) is 7.89. The maximum absolute atomic E-state index is 13.2. The number of methoxy groups -OCH3 is 2. The van der Waals surface area contributed by atoms with Crippen molar-refractivity contribution in [3.05, 3.63) is 29.1 Å². The summed E-state index contributed by atoms with van der Waals surface area (Å²) in [5.74, 6) is -0.737. The van der Waals surface area contributed by atoms with E-state index in [1.807, 2.05) is 0 Å². The van der Waals surface area contributed by atoms with Crippen LogP contribution in [0.5, 0.6) is 5.75 Å². The second-order valence-corrected chi connectivity index (χ2v) is 2.56. The van der Waals surface area contributed by atoms with E-state index in [0.29, 0.717) is 11.8 Å². The van der Waals surface area contributed by atoms with E-state index >= 15 is 0 Å². The minimum Gasteiger partial charge on any atom is -0.496 e. The van der Waals surface area contributed by atoms with Crippen molar-refractivity contribution in [1.29, 1.82) is 0 Å². The molecule has 14 heavy (non-hydrogen) atoms. The standard InChI is InChI=1S/C10H11FO3/c1-13-6-7-3-4-9(11)8(5-12)10(7)14-2/h3-5H,6H2,1-2H3/i1D3. The summed E-state index contributed by atoms with van der Waals surface area (Å²) < 4.78 is 43.3. The van der Waals surface area contributed by atoms with Gasteiger partial charge in [0.25, 0.3) is 0 Å². The van der Waals surface area contributed by atoms with E-state index in [-0.39, 0.29) is 17.9 Å². The van der Waals surface area contributed by atoms with Gasteiger partial charge in [0.2, 0.25) is 0 Å². The lowest BCUT2D eigenvalue weighted by Crippen LogP contribution is -2.00. The number of halogens is 1. The first-order valence-electron chi connectivity index (χ1n) is 5.33. The van der Waals surface area contributed by atoms with Gasteiger partial charge in [0.05, 0.1) is 23.4 Å². The Bertz CT molecular complexity index is 418. The van der Waals surface area contributed by atoms with Crippen molar-refractivity contribution < 1.29 is 22.8 Å². The smallest absolute Gasteiger partial charge is 0.156 e. The normalized spacial score (nSPS) is 14.0. The van der Waals surface area contributed by atoms with Crippen molar-refractivity contribution in [3.63, 3.8) is 0 Å². The maximum atomic E-state index is 13.2. The molecule has 0 bridgehead atoms. The molecule has 76 valence electrons. The highest BCUT2D eigenvalue weighted by Gasteiger charge is 2.13. The van der Waals surface area contributed by atoms with Crippen LogP contribution in [-0.4, -0.2) is 20.4 Å². The number of rotatable bonds is 4. The van der Waals surface area contributed by atoms with Gasteiger partial charge in [-0.1, -0.05) is 6.07 Å². The highest BCUT2D eigenvalue weighted by Crippen LogP contribution is 2.25. The number of hydrogen-bond acceptors (Lipinski definition) is 3. The highest BCUT2D eigenvalue weighted by atomic mass is 19.1. The molecule has 1 aromatic carbocycles. The fourth-order valence-corrected chi connectivity index (χ4v) is 1.16. The fourth-order valence-electron chi connectivity index (χ4n) is 1.16. The lowest BCUT2D eigenvalue weighted by Gasteiger charge is -2.10. The molecule has 3 nitrogen and oxygen atoms in total. The fraction of sp³-hybridized carbons (Fsp3) is 0.300. The maximum Gasteiger partial charge on any atom is 0.156 e. The molecule has 0 fully saturated rings. The second kappa shape index (κ2) is 4.72. The van der Waals surface area contributed by atoms with Crippen LogP contribution in [-0.2, 0) is 11.3 Å². The Kier molecular flexibility index (Phi) is 2.34. The van der Waals surface area contributed by atoms with Gasteiger partial charge in [-0.05, 0) is 6.07 Å². The quantitative estimate of drug-likeness (QED) is 0.697. The number of hydrogen-bond donors (Lipinski definition) is 0. The lowest BCUT2D eigenvalue weighted by atomic mass is 10.1. The van der Waals surface area contributed by atoms with E-state index in [4.69, 9.17) is 8.85 Å². The number of aldehydes is 1. The van der Waals surface area contributed by atoms with E-state index in [9.17, 15) is 9.18 Å². The Hall–Kier alpha value is -1.42. The topological polar surface area (TPSA) is 35.5 Å². The summed E-state index contributed by atoms with van der Waals surface area (Å²) in [6.45, 7) is -0.291. The number of ether oxygens (including phenoxy) is 2. The molecule has 1 aromatic rings. The molecular weight excluding hydrogens is 187 g/mol. The molecule has 1 rings (SSSR count). The average Bonchev–Trinajstić information content (AvgIpc) is 2.25. The predicted molar refractivity (Wildman–Crippen MR) is 49.1 cm³/mol. The third kappa shape index (κ3) is 1.90. The zero-order valence-electron chi connectivity index (χ0n) is 10.5. The van der Waals surface area contributed by atoms with Gasteiger partial charge in [-0.3, -0.25) is 4.79 Å². The monoisotopic (exact) mass is 201 g/mol. The van der Waals surface area contributed by atoms with Crippen LogP contribution >= 0.6 is 0 Å². The van der Waals surface area contributed by atoms with Crippen LogP contribution in [0.4, 0.5) is 4.39 Å². The van der Waals surface area contributed by atoms with Gasteiger partial charge in [0, 0.05) is 12.6 Å². The minimum absolute atomic E-state index is 0.00995. The molecule has 0 amide bonds. The van der Waals surface area contributed by atoms with Gasteiger partial charge in [0.15, 0.2) is 6.29 Å². The zero-order chi connectivity index (χ0) is 13.1. The van der Waals surface area contributed by atoms with E-state index in [0.717, 1.165) is 6.07 Å². The molecule has 0 radical (unpaired) electrons. The summed E-state index contributed by atoms with van der Waals surface area (Å²) in [4.78, 5) is 10.7. The predicted octanol–water partition coefficient (Wildman–Crippen LogP) is 1.79. The summed E-state index contributed by atoms with van der Waals surface area (Å²) in [7, 11) is -1.29. The molecule has 0 aromatic heterocycles. The van der Waals surface area contributed by atoms with Crippen LogP contribution in [0.2, 0.25) is 0 Å². The van der Waals surface area contributed by atoms with Crippen molar-refractivity contribution in [3.8, 4) is 5.75 Å². The van der Waals surface area contributed by atoms with Crippen LogP contribution in [0.25, 0.3) is 0 Å². The van der Waals surface area contributed by atoms with Crippen LogP contribution in [0.1, 0.15) is 20.0 Å². The summed E-state index contributed by atoms with van der Waals surface area (Å²) in [6.07, 6.45) is 0.313. The lowest BCUT2D eigenvalue weighted by molar-refractivity contribution is 0.111. The SMILES string of the molecule is [2H]C([2H])([2H])OCc1ccc(F)c(C=O)c1OC. The molecule has 0 aliphatic rings. The van der Waals surface area contributed by atoms with Gasteiger partial charge in [-0.15, -0.1) is 0 Å². The highest BCUT2D eigenvalue weighted by molar-refractivity contribution is 5.80. The summed E-state index contributed by atoms with van der Waals surface area (Å²) in [5.41, 5.74) is 0.0475. The van der Waals surface area contributed by atoms with E-state index < -0.39 is 12.9 Å². The Labute approximate surface area is 85.7 Å². The number of benzene rings is 1. The van der Waals surface area contributed by atoms with Crippen molar-refractivity contribution >= 4 is 6.29 Å². The van der Waals surface area contributed by atoms with Gasteiger partial charge < -0.3 is 9.47 Å². The van der Waals surface area contributed by atoms with Gasteiger partial charge in [-0.25, -0.2) is 4.39 Å². The van der Waals surface area contributed by atoms with Crippen molar-refractivity contribution in [2.24, 2.45) is 0 Å². The molecule has 0 atom stereocenters. The first kappa shape index (κ1) is 6.95. The van der Waals surface area contributed by atoms with Crippen molar-refractivity contribution in [2.45, 2.75) is 6.61 Å². The van der Waals surface area contributed by atoms with E-state index in [2.05, 4.69) is 4.74 Å². The van der Waals surface area contributed by atoms with E-state index in [1.54, 1.807) is 0 Å². The third-order valence-corrected chi connectivity index (χ3v) is 1.77. The molecule has 0 aliphatic carbocycles. The largest absolute Gasteiger partial charge is 0.496 e. The molecule has 0 N–H and O–H groups in total. The summed E-state index contributed by atoms with van der Waals surface area (Å²) >= 11 is 0. The molecular formula is C10H11FO3. The number of carbonyl (C=O) groups is 1. The van der Waals surface area contributed by atoms with Crippen molar-refractivity contribution in [1.82, 2.24) is 0 Å². The van der Waals surface area contributed by atoms with Crippen LogP contribution < -0.4 is 4.74 Å². The van der Waals surface area contributed by atoms with Crippen molar-refractivity contribution in [2.75, 3.05) is 14.1 Å².